The van der Waals surface area contributed by atoms with Crippen LogP contribution >= 0.6 is 0 Å². The van der Waals surface area contributed by atoms with Crippen LogP contribution in [0.1, 0.15) is 70.4 Å². The zero-order chi connectivity index (χ0) is 19.4. The molecule has 27 heavy (non-hydrogen) atoms. The van der Waals surface area contributed by atoms with Crippen molar-refractivity contribution in [1.29, 1.82) is 0 Å². The SMILES string of the molecule is C=C1CC[C@H]2C(C)(C)CCC[C@]2(C)[C@H]1C/C=C1/C(=O)Nc2ccc(C)cc21. The highest BCUT2D eigenvalue weighted by Crippen LogP contribution is 2.61. The lowest BCUT2D eigenvalue weighted by molar-refractivity contribution is -0.110. The molecule has 1 aromatic carbocycles. The van der Waals surface area contributed by atoms with Gasteiger partial charge in [-0.1, -0.05) is 57.0 Å². The fourth-order valence-electron chi connectivity index (χ4n) is 6.45. The van der Waals surface area contributed by atoms with E-state index in [2.05, 4.69) is 57.8 Å². The van der Waals surface area contributed by atoms with Gasteiger partial charge in [0.05, 0.1) is 0 Å². The van der Waals surface area contributed by atoms with E-state index < -0.39 is 0 Å². The van der Waals surface area contributed by atoms with E-state index in [1.54, 1.807) is 0 Å². The predicted octanol–water partition coefficient (Wildman–Crippen LogP) is 6.52. The molecular formula is C25H33NO. The smallest absolute Gasteiger partial charge is 0.256 e. The summed E-state index contributed by atoms with van der Waals surface area (Å²) >= 11 is 0. The van der Waals surface area contributed by atoms with Crippen molar-refractivity contribution in [2.45, 2.75) is 66.2 Å². The van der Waals surface area contributed by atoms with Crippen molar-refractivity contribution in [2.24, 2.45) is 22.7 Å². The van der Waals surface area contributed by atoms with Gasteiger partial charge < -0.3 is 5.32 Å². The molecule has 3 atom stereocenters. The summed E-state index contributed by atoms with van der Waals surface area (Å²) in [6, 6.07) is 6.20. The summed E-state index contributed by atoms with van der Waals surface area (Å²) in [6.07, 6.45) is 9.47. The van der Waals surface area contributed by atoms with Gasteiger partial charge in [0.25, 0.3) is 5.91 Å². The minimum atomic E-state index is 0.0442. The van der Waals surface area contributed by atoms with Crippen molar-refractivity contribution < 1.29 is 4.79 Å². The van der Waals surface area contributed by atoms with Crippen molar-refractivity contribution in [2.75, 3.05) is 5.32 Å². The van der Waals surface area contributed by atoms with Gasteiger partial charge in [-0.15, -0.1) is 0 Å². The molecule has 2 nitrogen and oxygen atoms in total. The summed E-state index contributed by atoms with van der Waals surface area (Å²) in [7, 11) is 0. The number of rotatable bonds is 2. The number of carbonyl (C=O) groups excluding carboxylic acids is 1. The number of nitrogens with one attached hydrogen (secondary N) is 1. The van der Waals surface area contributed by atoms with E-state index in [0.717, 1.165) is 35.6 Å². The number of allylic oxidation sites excluding steroid dienone is 2. The van der Waals surface area contributed by atoms with E-state index in [-0.39, 0.29) is 5.91 Å². The Kier molecular flexibility index (Phi) is 4.36. The van der Waals surface area contributed by atoms with Crippen LogP contribution in [0.4, 0.5) is 5.69 Å². The monoisotopic (exact) mass is 363 g/mol. The third kappa shape index (κ3) is 2.98. The highest BCUT2D eigenvalue weighted by Gasteiger charge is 2.52. The molecule has 0 radical (unpaired) electrons. The van der Waals surface area contributed by atoms with Crippen LogP contribution in [0.3, 0.4) is 0 Å². The molecule has 2 aliphatic carbocycles. The van der Waals surface area contributed by atoms with Crippen molar-refractivity contribution in [3.63, 3.8) is 0 Å². The predicted molar refractivity (Wildman–Crippen MR) is 113 cm³/mol. The van der Waals surface area contributed by atoms with Crippen LogP contribution in [0.25, 0.3) is 5.57 Å². The first-order valence-electron chi connectivity index (χ1n) is 10.5. The van der Waals surface area contributed by atoms with Crippen LogP contribution in [0.5, 0.6) is 0 Å². The lowest BCUT2D eigenvalue weighted by Gasteiger charge is -2.58. The summed E-state index contributed by atoms with van der Waals surface area (Å²) < 4.78 is 0. The van der Waals surface area contributed by atoms with Crippen LogP contribution in [-0.4, -0.2) is 5.91 Å². The average Bonchev–Trinajstić information content (AvgIpc) is 2.88. The molecule has 4 rings (SSSR count). The Morgan fingerprint density at radius 3 is 2.81 bits per heavy atom. The molecule has 0 spiro atoms. The van der Waals surface area contributed by atoms with Gasteiger partial charge >= 0.3 is 0 Å². The van der Waals surface area contributed by atoms with Gasteiger partial charge in [-0.3, -0.25) is 4.79 Å². The molecule has 1 heterocycles. The second kappa shape index (κ2) is 6.36. The molecule has 0 saturated heterocycles. The molecule has 2 saturated carbocycles. The first-order chi connectivity index (χ1) is 12.7. The van der Waals surface area contributed by atoms with E-state index >= 15 is 0 Å². The molecule has 1 aromatic rings. The quantitative estimate of drug-likeness (QED) is 0.470. The first-order valence-corrected chi connectivity index (χ1v) is 10.5. The zero-order valence-corrected chi connectivity index (χ0v) is 17.3. The third-order valence-electron chi connectivity index (χ3n) is 7.83. The fourth-order valence-corrected chi connectivity index (χ4v) is 6.45. The van der Waals surface area contributed by atoms with Crippen molar-refractivity contribution in [3.8, 4) is 0 Å². The Morgan fingerprint density at radius 1 is 1.26 bits per heavy atom. The van der Waals surface area contributed by atoms with Crippen molar-refractivity contribution >= 4 is 17.2 Å². The highest BCUT2D eigenvalue weighted by molar-refractivity contribution is 6.31. The standard InChI is InChI=1S/C25H33NO/c1-16-7-11-21-19(15-16)18(23(27)26-21)9-10-20-17(2)8-12-22-24(3,4)13-6-14-25(20,22)5/h7,9,11,15,20,22H,2,6,8,10,12-14H2,1,3-5H3,(H,26,27)/b18-9+/t20-,22-,25+/m0/s1. The second-order valence-corrected chi connectivity index (χ2v) is 10.0. The highest BCUT2D eigenvalue weighted by atomic mass is 16.2. The number of fused-ring (bicyclic) bond motifs is 2. The largest absolute Gasteiger partial charge is 0.321 e. The minimum Gasteiger partial charge on any atom is -0.321 e. The van der Waals surface area contributed by atoms with Gasteiger partial charge in [0.2, 0.25) is 0 Å². The number of hydrogen-bond donors (Lipinski definition) is 1. The number of carbonyl (C=O) groups is 1. The summed E-state index contributed by atoms with van der Waals surface area (Å²) in [4.78, 5) is 12.6. The normalized spacial score (nSPS) is 33.6. The molecule has 0 aromatic heterocycles. The molecule has 2 fully saturated rings. The maximum absolute atomic E-state index is 12.6. The van der Waals surface area contributed by atoms with Gasteiger partial charge in [0.15, 0.2) is 0 Å². The third-order valence-corrected chi connectivity index (χ3v) is 7.83. The van der Waals surface area contributed by atoms with E-state index in [4.69, 9.17) is 0 Å². The topological polar surface area (TPSA) is 29.1 Å². The van der Waals surface area contributed by atoms with Crippen LogP contribution in [-0.2, 0) is 4.79 Å². The van der Waals surface area contributed by atoms with Crippen LogP contribution in [0.15, 0.2) is 36.4 Å². The maximum atomic E-state index is 12.6. The van der Waals surface area contributed by atoms with Gasteiger partial charge in [0.1, 0.15) is 0 Å². The Bertz CT molecular complexity index is 831. The molecule has 1 amide bonds. The molecule has 1 N–H and O–H groups in total. The molecule has 144 valence electrons. The van der Waals surface area contributed by atoms with Crippen LogP contribution in [0.2, 0.25) is 0 Å². The van der Waals surface area contributed by atoms with E-state index in [9.17, 15) is 4.79 Å². The van der Waals surface area contributed by atoms with Gasteiger partial charge in [-0.2, -0.15) is 0 Å². The van der Waals surface area contributed by atoms with Crippen LogP contribution in [0, 0.1) is 29.6 Å². The molecular weight excluding hydrogens is 330 g/mol. The number of hydrogen-bond acceptors (Lipinski definition) is 1. The number of aryl methyl sites for hydroxylation is 1. The van der Waals surface area contributed by atoms with E-state index in [1.807, 2.05) is 6.07 Å². The maximum Gasteiger partial charge on any atom is 0.256 e. The number of amides is 1. The molecule has 2 heteroatoms. The molecule has 0 bridgehead atoms. The lowest BCUT2D eigenvalue weighted by Crippen LogP contribution is -2.49. The molecule has 3 aliphatic rings. The molecule has 1 aliphatic heterocycles. The first kappa shape index (κ1) is 18.5. The van der Waals surface area contributed by atoms with Crippen molar-refractivity contribution in [1.82, 2.24) is 0 Å². The van der Waals surface area contributed by atoms with Gasteiger partial charge in [0, 0.05) is 16.8 Å². The summed E-state index contributed by atoms with van der Waals surface area (Å²) in [5.74, 6) is 1.27. The summed E-state index contributed by atoms with van der Waals surface area (Å²) in [5.41, 5.74) is 6.16. The number of benzene rings is 1. The minimum absolute atomic E-state index is 0.0442. The Morgan fingerprint density at radius 2 is 2.04 bits per heavy atom. The second-order valence-electron chi connectivity index (χ2n) is 10.0. The van der Waals surface area contributed by atoms with E-state index in [0.29, 0.717) is 16.7 Å². The van der Waals surface area contributed by atoms with Gasteiger partial charge in [-0.05, 0) is 73.8 Å². The van der Waals surface area contributed by atoms with Crippen LogP contribution < -0.4 is 5.32 Å². The Labute approximate surface area is 164 Å². The Balaban J connectivity index is 1.66. The summed E-state index contributed by atoms with van der Waals surface area (Å²) in [5, 5.41) is 3.02. The average molecular weight is 364 g/mol. The molecule has 0 unspecified atom stereocenters. The number of anilines is 1. The lowest BCUT2D eigenvalue weighted by atomic mass is 9.47. The zero-order valence-electron chi connectivity index (χ0n) is 17.3. The van der Waals surface area contributed by atoms with Crippen molar-refractivity contribution in [3.05, 3.63) is 47.6 Å². The fraction of sp³-hybridized carbons (Fsp3) is 0.560. The summed E-state index contributed by atoms with van der Waals surface area (Å²) in [6.45, 7) is 14.0. The van der Waals surface area contributed by atoms with E-state index in [1.165, 1.54) is 36.8 Å². The van der Waals surface area contributed by atoms with Gasteiger partial charge in [-0.25, -0.2) is 0 Å². The Hall–Kier alpha value is -1.83.